The third kappa shape index (κ3) is 3.18. The Balaban J connectivity index is 1.95. The zero-order valence-corrected chi connectivity index (χ0v) is 10.8. The number of rotatable bonds is 5. The summed E-state index contributed by atoms with van der Waals surface area (Å²) in [4.78, 5) is 1.45. The molecule has 0 bridgehead atoms. The molecule has 6 nitrogen and oxygen atoms in total. The second-order valence-electron chi connectivity index (χ2n) is 3.79. The topological polar surface area (TPSA) is 78.9 Å². The average Bonchev–Trinajstić information content (AvgIpc) is 2.79. The summed E-state index contributed by atoms with van der Waals surface area (Å²) >= 11 is 5.93. The van der Waals surface area contributed by atoms with Gasteiger partial charge < -0.3 is 10.5 Å². The fourth-order valence-corrected chi connectivity index (χ4v) is 1.52. The zero-order valence-electron chi connectivity index (χ0n) is 10.0. The third-order valence-corrected chi connectivity index (χ3v) is 2.74. The molecule has 0 unspecified atom stereocenters. The van der Waals surface area contributed by atoms with Crippen molar-refractivity contribution in [2.24, 2.45) is 5.73 Å². The summed E-state index contributed by atoms with van der Waals surface area (Å²) in [5.41, 5.74) is 6.36. The van der Waals surface area contributed by atoms with Crippen molar-refractivity contribution in [3.05, 3.63) is 34.6 Å². The molecule has 1 heterocycles. The number of nitrogens with two attached hydrogens (primary N) is 1. The number of ether oxygens (including phenoxy) is 1. The highest BCUT2D eigenvalue weighted by Crippen LogP contribution is 2.21. The van der Waals surface area contributed by atoms with Crippen LogP contribution in [-0.4, -0.2) is 26.8 Å². The maximum Gasteiger partial charge on any atom is 0.212 e. The van der Waals surface area contributed by atoms with Crippen LogP contribution in [0.4, 0.5) is 0 Å². The quantitative estimate of drug-likeness (QED) is 0.880. The first-order valence-electron chi connectivity index (χ1n) is 5.55. The van der Waals surface area contributed by atoms with E-state index in [1.54, 1.807) is 12.1 Å². The first-order chi connectivity index (χ1) is 8.69. The summed E-state index contributed by atoms with van der Waals surface area (Å²) in [6, 6.07) is 5.47. The molecule has 0 saturated carbocycles. The number of aryl methyl sites for hydroxylation is 1. The smallest absolute Gasteiger partial charge is 0.212 e. The van der Waals surface area contributed by atoms with Gasteiger partial charge in [0, 0.05) is 11.6 Å². The SMILES string of the molecule is Cc1cc(OCc2nnn(CCN)n2)ccc1Cl. The van der Waals surface area contributed by atoms with Gasteiger partial charge in [-0.1, -0.05) is 11.6 Å². The van der Waals surface area contributed by atoms with Crippen LogP contribution in [0.3, 0.4) is 0 Å². The zero-order chi connectivity index (χ0) is 13.0. The van der Waals surface area contributed by atoms with E-state index >= 15 is 0 Å². The lowest BCUT2D eigenvalue weighted by Gasteiger charge is -2.05. The van der Waals surface area contributed by atoms with Crippen molar-refractivity contribution in [1.29, 1.82) is 0 Å². The van der Waals surface area contributed by atoms with Crippen molar-refractivity contribution in [2.45, 2.75) is 20.1 Å². The Kier molecular flexibility index (Phi) is 4.11. The van der Waals surface area contributed by atoms with Crippen LogP contribution in [0, 0.1) is 6.92 Å². The van der Waals surface area contributed by atoms with Crippen LogP contribution < -0.4 is 10.5 Å². The molecule has 0 saturated heterocycles. The van der Waals surface area contributed by atoms with Crippen LogP contribution in [0.2, 0.25) is 5.02 Å². The molecular weight excluding hydrogens is 254 g/mol. The Bertz CT molecular complexity index is 528. The van der Waals surface area contributed by atoms with E-state index in [1.807, 2.05) is 13.0 Å². The van der Waals surface area contributed by atoms with Gasteiger partial charge in [-0.2, -0.15) is 4.80 Å². The van der Waals surface area contributed by atoms with Crippen LogP contribution in [0.25, 0.3) is 0 Å². The molecule has 0 radical (unpaired) electrons. The van der Waals surface area contributed by atoms with Gasteiger partial charge in [-0.3, -0.25) is 0 Å². The largest absolute Gasteiger partial charge is 0.485 e. The van der Waals surface area contributed by atoms with Crippen LogP contribution >= 0.6 is 11.6 Å². The summed E-state index contributed by atoms with van der Waals surface area (Å²) in [7, 11) is 0. The highest BCUT2D eigenvalue weighted by atomic mass is 35.5. The van der Waals surface area contributed by atoms with E-state index in [2.05, 4.69) is 15.4 Å². The van der Waals surface area contributed by atoms with E-state index in [0.29, 0.717) is 18.9 Å². The minimum Gasteiger partial charge on any atom is -0.485 e. The number of hydrogen-bond donors (Lipinski definition) is 1. The fraction of sp³-hybridized carbons (Fsp3) is 0.364. The van der Waals surface area contributed by atoms with Gasteiger partial charge in [0.15, 0.2) is 6.61 Å². The summed E-state index contributed by atoms with van der Waals surface area (Å²) in [6.45, 7) is 3.22. The number of benzene rings is 1. The molecule has 2 rings (SSSR count). The molecule has 0 amide bonds. The van der Waals surface area contributed by atoms with E-state index in [-0.39, 0.29) is 6.61 Å². The van der Waals surface area contributed by atoms with E-state index in [0.717, 1.165) is 16.3 Å². The number of aromatic nitrogens is 4. The Hall–Kier alpha value is -1.66. The summed E-state index contributed by atoms with van der Waals surface area (Å²) < 4.78 is 5.55. The van der Waals surface area contributed by atoms with Gasteiger partial charge in [-0.05, 0) is 35.9 Å². The predicted molar refractivity (Wildman–Crippen MR) is 67.4 cm³/mol. The average molecular weight is 268 g/mol. The second kappa shape index (κ2) is 5.79. The van der Waals surface area contributed by atoms with Gasteiger partial charge in [-0.15, -0.1) is 10.2 Å². The van der Waals surface area contributed by atoms with E-state index in [4.69, 9.17) is 22.1 Å². The molecule has 0 fully saturated rings. The highest BCUT2D eigenvalue weighted by Gasteiger charge is 2.04. The molecule has 18 heavy (non-hydrogen) atoms. The van der Waals surface area contributed by atoms with Crippen molar-refractivity contribution >= 4 is 11.6 Å². The molecule has 7 heteroatoms. The monoisotopic (exact) mass is 267 g/mol. The Morgan fingerprint density at radius 3 is 3.00 bits per heavy atom. The summed E-state index contributed by atoms with van der Waals surface area (Å²) in [5, 5.41) is 12.5. The van der Waals surface area contributed by atoms with Gasteiger partial charge in [-0.25, -0.2) is 0 Å². The van der Waals surface area contributed by atoms with E-state index in [9.17, 15) is 0 Å². The molecule has 1 aromatic heterocycles. The normalized spacial score (nSPS) is 10.6. The first kappa shape index (κ1) is 12.8. The van der Waals surface area contributed by atoms with Gasteiger partial charge in [0.2, 0.25) is 5.82 Å². The lowest BCUT2D eigenvalue weighted by molar-refractivity contribution is 0.295. The summed E-state index contributed by atoms with van der Waals surface area (Å²) in [6.07, 6.45) is 0. The molecule has 2 N–H and O–H groups in total. The van der Waals surface area contributed by atoms with Crippen LogP contribution in [0.15, 0.2) is 18.2 Å². The Morgan fingerprint density at radius 2 is 2.28 bits per heavy atom. The molecule has 0 atom stereocenters. The minimum absolute atomic E-state index is 0.269. The molecule has 0 aliphatic carbocycles. The standard InChI is InChI=1S/C11H14ClN5O/c1-8-6-9(2-3-10(8)12)18-7-11-14-16-17(15-11)5-4-13/h2-3,6H,4-5,7,13H2,1H3. The molecule has 2 aromatic rings. The van der Waals surface area contributed by atoms with Gasteiger partial charge in [0.25, 0.3) is 0 Å². The van der Waals surface area contributed by atoms with Crippen LogP contribution in [0.5, 0.6) is 5.75 Å². The lowest BCUT2D eigenvalue weighted by atomic mass is 10.2. The molecule has 1 aromatic carbocycles. The first-order valence-corrected chi connectivity index (χ1v) is 5.92. The lowest BCUT2D eigenvalue weighted by Crippen LogP contribution is -2.12. The van der Waals surface area contributed by atoms with Crippen molar-refractivity contribution in [2.75, 3.05) is 6.54 Å². The predicted octanol–water partition coefficient (Wildman–Crippen LogP) is 1.17. The van der Waals surface area contributed by atoms with Crippen molar-refractivity contribution in [1.82, 2.24) is 20.2 Å². The number of tetrazole rings is 1. The Labute approximate surface area is 110 Å². The highest BCUT2D eigenvalue weighted by molar-refractivity contribution is 6.31. The van der Waals surface area contributed by atoms with Crippen molar-refractivity contribution in [3.63, 3.8) is 0 Å². The van der Waals surface area contributed by atoms with Gasteiger partial charge >= 0.3 is 0 Å². The molecule has 0 spiro atoms. The molecule has 0 aliphatic heterocycles. The number of hydrogen-bond acceptors (Lipinski definition) is 5. The molecular formula is C11H14ClN5O. The molecule has 0 aliphatic rings. The van der Waals surface area contributed by atoms with Gasteiger partial charge in [0.1, 0.15) is 5.75 Å². The van der Waals surface area contributed by atoms with E-state index < -0.39 is 0 Å². The van der Waals surface area contributed by atoms with E-state index in [1.165, 1.54) is 4.80 Å². The van der Waals surface area contributed by atoms with Crippen LogP contribution in [0.1, 0.15) is 11.4 Å². The third-order valence-electron chi connectivity index (χ3n) is 2.32. The number of nitrogens with zero attached hydrogens (tertiary/aromatic N) is 4. The minimum atomic E-state index is 0.269. The van der Waals surface area contributed by atoms with Crippen LogP contribution in [-0.2, 0) is 13.2 Å². The second-order valence-corrected chi connectivity index (χ2v) is 4.20. The Morgan fingerprint density at radius 1 is 1.44 bits per heavy atom. The molecule has 96 valence electrons. The summed E-state index contributed by atoms with van der Waals surface area (Å²) in [5.74, 6) is 1.25. The number of halogens is 1. The fourth-order valence-electron chi connectivity index (χ4n) is 1.40. The van der Waals surface area contributed by atoms with Gasteiger partial charge in [0.05, 0.1) is 6.54 Å². The maximum atomic E-state index is 5.93. The maximum absolute atomic E-state index is 5.93. The van der Waals surface area contributed by atoms with Crippen molar-refractivity contribution in [3.8, 4) is 5.75 Å². The van der Waals surface area contributed by atoms with Crippen molar-refractivity contribution < 1.29 is 4.74 Å².